The molecule has 0 spiro atoms. The Labute approximate surface area is 173 Å². The second-order valence-electron chi connectivity index (χ2n) is 7.56. The number of β-amino-alcohol motifs (C(OH)–C–C–N with tert-alkyl or cyclic N) is 1. The number of likely N-dealkylation sites (tertiary alicyclic amines) is 1. The summed E-state index contributed by atoms with van der Waals surface area (Å²) >= 11 is 0. The minimum absolute atomic E-state index is 0.00794. The van der Waals surface area contributed by atoms with E-state index in [0.717, 1.165) is 4.90 Å². The molecule has 1 atom stereocenters. The van der Waals surface area contributed by atoms with E-state index >= 15 is 0 Å². The standard InChI is InChI=1S/C20H26F3N3O4/c21-20(22,23)14-30-17-5-2-1-4-16(17)25-10-8-24(9-11-25)12-15(27)13-26-18(28)6-3-7-19(26)29/h1-2,4-5,15,27H,3,6-14H2. The number of alkyl halides is 3. The Morgan fingerprint density at radius 3 is 2.27 bits per heavy atom. The minimum atomic E-state index is -4.40. The molecule has 2 aliphatic heterocycles. The highest BCUT2D eigenvalue weighted by atomic mass is 19.4. The number of aliphatic hydroxyl groups excluding tert-OH is 1. The number of benzene rings is 1. The van der Waals surface area contributed by atoms with Crippen molar-refractivity contribution in [3.05, 3.63) is 24.3 Å². The maximum absolute atomic E-state index is 12.5. The zero-order valence-corrected chi connectivity index (χ0v) is 16.6. The second-order valence-corrected chi connectivity index (χ2v) is 7.56. The third kappa shape index (κ3) is 6.09. The average Bonchev–Trinajstić information content (AvgIpc) is 2.70. The number of carbonyl (C=O) groups is 2. The van der Waals surface area contributed by atoms with Crippen LogP contribution in [0.1, 0.15) is 19.3 Å². The van der Waals surface area contributed by atoms with Gasteiger partial charge in [0, 0.05) is 45.6 Å². The zero-order chi connectivity index (χ0) is 21.7. The van der Waals surface area contributed by atoms with Crippen LogP contribution in [-0.4, -0.2) is 84.9 Å². The van der Waals surface area contributed by atoms with Gasteiger partial charge in [-0.3, -0.25) is 19.4 Å². The van der Waals surface area contributed by atoms with Crippen LogP contribution in [-0.2, 0) is 9.59 Å². The van der Waals surface area contributed by atoms with Gasteiger partial charge in [-0.2, -0.15) is 13.2 Å². The summed E-state index contributed by atoms with van der Waals surface area (Å²) in [4.78, 5) is 28.8. The molecule has 1 unspecified atom stereocenters. The molecule has 0 aliphatic carbocycles. The Morgan fingerprint density at radius 2 is 1.63 bits per heavy atom. The fraction of sp³-hybridized carbons (Fsp3) is 0.600. The molecule has 1 aromatic carbocycles. The lowest BCUT2D eigenvalue weighted by Crippen LogP contribution is -2.51. The second kappa shape index (κ2) is 9.65. The Morgan fingerprint density at radius 1 is 1.00 bits per heavy atom. The van der Waals surface area contributed by atoms with E-state index in [0.29, 0.717) is 57.7 Å². The van der Waals surface area contributed by atoms with E-state index in [1.165, 1.54) is 6.07 Å². The summed E-state index contributed by atoms with van der Waals surface area (Å²) in [6.07, 6.45) is -4.04. The van der Waals surface area contributed by atoms with E-state index in [1.54, 1.807) is 18.2 Å². The third-order valence-corrected chi connectivity index (χ3v) is 5.22. The fourth-order valence-electron chi connectivity index (χ4n) is 3.74. The van der Waals surface area contributed by atoms with Crippen molar-refractivity contribution >= 4 is 17.5 Å². The van der Waals surface area contributed by atoms with Crippen LogP contribution in [0.4, 0.5) is 18.9 Å². The number of hydrogen-bond donors (Lipinski definition) is 1. The Hall–Kier alpha value is -2.33. The first-order valence-electron chi connectivity index (χ1n) is 10.00. The number of ether oxygens (including phenoxy) is 1. The Balaban J connectivity index is 1.50. The predicted molar refractivity (Wildman–Crippen MR) is 103 cm³/mol. The van der Waals surface area contributed by atoms with Crippen LogP contribution in [0.5, 0.6) is 5.75 Å². The smallest absolute Gasteiger partial charge is 0.422 e. The van der Waals surface area contributed by atoms with Crippen molar-refractivity contribution in [3.63, 3.8) is 0 Å². The van der Waals surface area contributed by atoms with Gasteiger partial charge in [0.15, 0.2) is 6.61 Å². The van der Waals surface area contributed by atoms with Gasteiger partial charge in [-0.15, -0.1) is 0 Å². The summed E-state index contributed by atoms with van der Waals surface area (Å²) in [5.74, 6) is -0.304. The molecule has 2 heterocycles. The van der Waals surface area contributed by atoms with Crippen LogP contribution >= 0.6 is 0 Å². The number of hydrogen-bond acceptors (Lipinski definition) is 6. The molecule has 2 amide bonds. The molecule has 0 radical (unpaired) electrons. The molecule has 2 fully saturated rings. The molecule has 3 rings (SSSR count). The lowest BCUT2D eigenvalue weighted by atomic mass is 10.1. The van der Waals surface area contributed by atoms with Crippen molar-refractivity contribution in [1.82, 2.24) is 9.80 Å². The average molecular weight is 429 g/mol. The SMILES string of the molecule is O=C1CCCC(=O)N1CC(O)CN1CCN(c2ccccc2OCC(F)(F)F)CC1. The number of piperidine rings is 1. The molecule has 7 nitrogen and oxygen atoms in total. The van der Waals surface area contributed by atoms with Crippen LogP contribution in [0.2, 0.25) is 0 Å². The van der Waals surface area contributed by atoms with Gasteiger partial charge in [0.05, 0.1) is 18.3 Å². The van der Waals surface area contributed by atoms with Crippen LogP contribution in [0.15, 0.2) is 24.3 Å². The van der Waals surface area contributed by atoms with Crippen molar-refractivity contribution in [1.29, 1.82) is 0 Å². The third-order valence-electron chi connectivity index (χ3n) is 5.22. The van der Waals surface area contributed by atoms with Crippen LogP contribution < -0.4 is 9.64 Å². The number of carbonyl (C=O) groups excluding carboxylic acids is 2. The first kappa shape index (κ1) is 22.4. The van der Waals surface area contributed by atoms with Gasteiger partial charge in [-0.1, -0.05) is 12.1 Å². The number of amides is 2. The van der Waals surface area contributed by atoms with E-state index in [4.69, 9.17) is 4.74 Å². The molecule has 0 aromatic heterocycles. The number of rotatable bonds is 7. The minimum Gasteiger partial charge on any atom is -0.482 e. The van der Waals surface area contributed by atoms with E-state index in [1.807, 2.05) is 9.80 Å². The summed E-state index contributed by atoms with van der Waals surface area (Å²) < 4.78 is 42.4. The van der Waals surface area contributed by atoms with E-state index in [-0.39, 0.29) is 24.1 Å². The van der Waals surface area contributed by atoms with E-state index in [9.17, 15) is 27.9 Å². The lowest BCUT2D eigenvalue weighted by Gasteiger charge is -2.38. The van der Waals surface area contributed by atoms with Gasteiger partial charge in [-0.25, -0.2) is 0 Å². The monoisotopic (exact) mass is 429 g/mol. The number of nitrogens with zero attached hydrogens (tertiary/aromatic N) is 3. The van der Waals surface area contributed by atoms with E-state index < -0.39 is 18.9 Å². The molecule has 1 aromatic rings. The predicted octanol–water partition coefficient (Wildman–Crippen LogP) is 1.65. The van der Waals surface area contributed by atoms with Gasteiger partial charge in [0.25, 0.3) is 0 Å². The normalized spacial score (nSPS) is 19.9. The molecular formula is C20H26F3N3O4. The van der Waals surface area contributed by atoms with Crippen LogP contribution in [0.3, 0.4) is 0 Å². The first-order chi connectivity index (χ1) is 14.2. The summed E-state index contributed by atoms with van der Waals surface area (Å²) in [6.45, 7) is 1.26. The fourth-order valence-corrected chi connectivity index (χ4v) is 3.74. The quantitative estimate of drug-likeness (QED) is 0.665. The molecule has 2 saturated heterocycles. The summed E-state index contributed by atoms with van der Waals surface area (Å²) in [5.41, 5.74) is 0.603. The molecular weight excluding hydrogens is 403 g/mol. The van der Waals surface area contributed by atoms with Crippen molar-refractivity contribution in [3.8, 4) is 5.75 Å². The molecule has 2 aliphatic rings. The Kier molecular flexibility index (Phi) is 7.19. The highest BCUT2D eigenvalue weighted by Gasteiger charge is 2.30. The molecule has 1 N–H and O–H groups in total. The highest BCUT2D eigenvalue weighted by Crippen LogP contribution is 2.30. The Bertz CT molecular complexity index is 735. The molecule has 10 heteroatoms. The number of para-hydroxylation sites is 2. The summed E-state index contributed by atoms with van der Waals surface area (Å²) in [5, 5.41) is 10.3. The van der Waals surface area contributed by atoms with Crippen molar-refractivity contribution in [2.75, 3.05) is 50.8 Å². The largest absolute Gasteiger partial charge is 0.482 e. The number of anilines is 1. The van der Waals surface area contributed by atoms with Crippen molar-refractivity contribution in [2.45, 2.75) is 31.5 Å². The van der Waals surface area contributed by atoms with E-state index in [2.05, 4.69) is 0 Å². The molecule has 30 heavy (non-hydrogen) atoms. The molecule has 0 bridgehead atoms. The van der Waals surface area contributed by atoms with Gasteiger partial charge in [0.1, 0.15) is 5.75 Å². The van der Waals surface area contributed by atoms with Crippen molar-refractivity contribution < 1.29 is 32.6 Å². The highest BCUT2D eigenvalue weighted by molar-refractivity contribution is 5.97. The summed E-state index contributed by atoms with van der Waals surface area (Å²) in [6, 6.07) is 6.62. The maximum Gasteiger partial charge on any atom is 0.422 e. The van der Waals surface area contributed by atoms with Gasteiger partial charge in [-0.05, 0) is 18.6 Å². The molecule has 166 valence electrons. The first-order valence-corrected chi connectivity index (χ1v) is 10.00. The van der Waals surface area contributed by atoms with Crippen LogP contribution in [0, 0.1) is 0 Å². The topological polar surface area (TPSA) is 73.3 Å². The summed E-state index contributed by atoms with van der Waals surface area (Å²) in [7, 11) is 0. The maximum atomic E-state index is 12.5. The number of halogens is 3. The lowest BCUT2D eigenvalue weighted by molar-refractivity contribution is -0.153. The van der Waals surface area contributed by atoms with Crippen LogP contribution in [0.25, 0.3) is 0 Å². The zero-order valence-electron chi connectivity index (χ0n) is 16.6. The van der Waals surface area contributed by atoms with Gasteiger partial charge in [0.2, 0.25) is 11.8 Å². The number of aliphatic hydroxyl groups is 1. The number of piperazine rings is 1. The molecule has 0 saturated carbocycles. The van der Waals surface area contributed by atoms with Gasteiger partial charge < -0.3 is 14.7 Å². The van der Waals surface area contributed by atoms with Crippen molar-refractivity contribution in [2.24, 2.45) is 0 Å². The number of imide groups is 1. The van der Waals surface area contributed by atoms with Gasteiger partial charge >= 0.3 is 6.18 Å².